The van der Waals surface area contributed by atoms with E-state index in [0.717, 1.165) is 0 Å². The third-order valence-corrected chi connectivity index (χ3v) is 6.08. The molecule has 1 N–H and O–H groups in total. The summed E-state index contributed by atoms with van der Waals surface area (Å²) in [5.41, 5.74) is 1.38. The molecular weight excluding hydrogens is 458 g/mol. The molecule has 0 radical (unpaired) electrons. The van der Waals surface area contributed by atoms with Crippen molar-refractivity contribution >= 4 is 34.7 Å². The molecular formula is C26H20ClNO6. The number of carbonyl (C=O) groups is 2. The fourth-order valence-electron chi connectivity index (χ4n) is 4.20. The summed E-state index contributed by atoms with van der Waals surface area (Å²) in [5.74, 6) is -0.402. The highest BCUT2D eigenvalue weighted by Crippen LogP contribution is 2.44. The number of hydrogen-bond donors (Lipinski definition) is 1. The van der Waals surface area contributed by atoms with Crippen LogP contribution in [-0.4, -0.2) is 37.1 Å². The first-order chi connectivity index (χ1) is 16.5. The van der Waals surface area contributed by atoms with Crippen LogP contribution in [0.2, 0.25) is 5.02 Å². The third kappa shape index (κ3) is 3.64. The van der Waals surface area contributed by atoms with Gasteiger partial charge in [0, 0.05) is 17.3 Å². The van der Waals surface area contributed by atoms with Crippen molar-refractivity contribution in [2.24, 2.45) is 0 Å². The number of benzene rings is 3. The standard InChI is InChI=1S/C26H20ClNO6/c1-32-19-9-7-16(13-18(19)27)24(29)22-23(15-5-3-2-4-6-15)28(26(31)25(22)30)17-8-10-20-21(14-17)34-12-11-33-20/h2-10,13-14,23,29H,11-12H2,1H3/b24-22+. The van der Waals surface area contributed by atoms with E-state index in [1.165, 1.54) is 18.1 Å². The number of rotatable bonds is 4. The van der Waals surface area contributed by atoms with Gasteiger partial charge in [0.2, 0.25) is 0 Å². The maximum absolute atomic E-state index is 13.3. The lowest BCUT2D eigenvalue weighted by Crippen LogP contribution is -2.29. The number of amides is 1. The molecule has 1 amide bonds. The van der Waals surface area contributed by atoms with Crippen LogP contribution in [0, 0.1) is 0 Å². The van der Waals surface area contributed by atoms with Crippen molar-refractivity contribution < 1.29 is 28.9 Å². The van der Waals surface area contributed by atoms with Crippen LogP contribution in [-0.2, 0) is 9.59 Å². The SMILES string of the molecule is COc1ccc(/C(O)=C2\C(=O)C(=O)N(c3ccc4c(c3)OCCO4)C2c2ccccc2)cc1Cl. The number of carbonyl (C=O) groups excluding carboxylic acids is 2. The second-order valence-corrected chi connectivity index (χ2v) is 8.16. The van der Waals surface area contributed by atoms with Crippen molar-refractivity contribution in [3.05, 3.63) is 88.5 Å². The highest BCUT2D eigenvalue weighted by Gasteiger charge is 2.47. The lowest BCUT2D eigenvalue weighted by molar-refractivity contribution is -0.132. The van der Waals surface area contributed by atoms with Crippen LogP contribution in [0.1, 0.15) is 17.2 Å². The maximum Gasteiger partial charge on any atom is 0.300 e. The van der Waals surface area contributed by atoms with E-state index < -0.39 is 17.7 Å². The summed E-state index contributed by atoms with van der Waals surface area (Å²) in [5, 5.41) is 11.5. The number of methoxy groups -OCH3 is 1. The number of aliphatic hydroxyl groups excluding tert-OH is 1. The Bertz CT molecular complexity index is 1320. The molecule has 172 valence electrons. The monoisotopic (exact) mass is 477 g/mol. The molecule has 34 heavy (non-hydrogen) atoms. The molecule has 8 heteroatoms. The van der Waals surface area contributed by atoms with Crippen molar-refractivity contribution in [3.63, 3.8) is 0 Å². The Labute approximate surface area is 200 Å². The average Bonchev–Trinajstić information content (AvgIpc) is 3.14. The van der Waals surface area contributed by atoms with Gasteiger partial charge in [-0.05, 0) is 35.9 Å². The number of nitrogens with zero attached hydrogens (tertiary/aromatic N) is 1. The minimum atomic E-state index is -0.857. The fourth-order valence-corrected chi connectivity index (χ4v) is 4.46. The lowest BCUT2D eigenvalue weighted by Gasteiger charge is -2.27. The Morgan fingerprint density at radius 1 is 1.00 bits per heavy atom. The van der Waals surface area contributed by atoms with E-state index in [2.05, 4.69) is 0 Å². The predicted molar refractivity (Wildman–Crippen MR) is 127 cm³/mol. The number of anilines is 1. The topological polar surface area (TPSA) is 85.3 Å². The average molecular weight is 478 g/mol. The lowest BCUT2D eigenvalue weighted by atomic mass is 9.95. The summed E-state index contributed by atoms with van der Waals surface area (Å²) >= 11 is 6.24. The zero-order chi connectivity index (χ0) is 23.8. The van der Waals surface area contributed by atoms with Crippen LogP contribution in [0.15, 0.2) is 72.3 Å². The van der Waals surface area contributed by atoms with Gasteiger partial charge in [0.1, 0.15) is 24.7 Å². The van der Waals surface area contributed by atoms with E-state index in [0.29, 0.717) is 47.3 Å². The molecule has 3 aromatic carbocycles. The van der Waals surface area contributed by atoms with Gasteiger partial charge in [0.05, 0.1) is 23.7 Å². The maximum atomic E-state index is 13.3. The van der Waals surface area contributed by atoms with E-state index in [1.807, 2.05) is 18.2 Å². The quantitative estimate of drug-likeness (QED) is 0.332. The van der Waals surface area contributed by atoms with E-state index >= 15 is 0 Å². The van der Waals surface area contributed by atoms with Gasteiger partial charge < -0.3 is 19.3 Å². The highest BCUT2D eigenvalue weighted by molar-refractivity contribution is 6.51. The molecule has 1 unspecified atom stereocenters. The first-order valence-corrected chi connectivity index (χ1v) is 11.0. The summed E-state index contributed by atoms with van der Waals surface area (Å²) in [6.45, 7) is 0.820. The predicted octanol–water partition coefficient (Wildman–Crippen LogP) is 4.75. The summed E-state index contributed by atoms with van der Waals surface area (Å²) in [6, 6.07) is 17.9. The van der Waals surface area contributed by atoms with Gasteiger partial charge in [-0.3, -0.25) is 14.5 Å². The normalized spacial score (nSPS) is 18.8. The highest BCUT2D eigenvalue weighted by atomic mass is 35.5. The molecule has 7 nitrogen and oxygen atoms in total. The van der Waals surface area contributed by atoms with Crippen LogP contribution in [0.25, 0.3) is 5.76 Å². The number of hydrogen-bond acceptors (Lipinski definition) is 6. The number of fused-ring (bicyclic) bond motifs is 1. The summed E-state index contributed by atoms with van der Waals surface area (Å²) in [6.07, 6.45) is 0. The second-order valence-electron chi connectivity index (χ2n) is 7.76. The minimum Gasteiger partial charge on any atom is -0.507 e. The smallest absolute Gasteiger partial charge is 0.300 e. The number of ketones is 1. The van der Waals surface area contributed by atoms with Gasteiger partial charge in [-0.2, -0.15) is 0 Å². The fraction of sp³-hybridized carbons (Fsp3) is 0.154. The first-order valence-electron chi connectivity index (χ1n) is 10.6. The van der Waals surface area contributed by atoms with Crippen molar-refractivity contribution in [1.82, 2.24) is 0 Å². The number of Topliss-reactive ketones (excluding diaryl/α,β-unsaturated/α-hetero) is 1. The van der Waals surface area contributed by atoms with E-state index in [-0.39, 0.29) is 16.4 Å². The van der Waals surface area contributed by atoms with E-state index in [1.54, 1.807) is 42.5 Å². The van der Waals surface area contributed by atoms with Gasteiger partial charge in [-0.25, -0.2) is 0 Å². The zero-order valence-corrected chi connectivity index (χ0v) is 18.9. The molecule has 0 aliphatic carbocycles. The van der Waals surface area contributed by atoms with Crippen molar-refractivity contribution in [2.45, 2.75) is 6.04 Å². The van der Waals surface area contributed by atoms with Crippen molar-refractivity contribution in [3.8, 4) is 17.2 Å². The minimum absolute atomic E-state index is 0.0349. The molecule has 5 rings (SSSR count). The third-order valence-electron chi connectivity index (χ3n) is 5.79. The molecule has 0 saturated carbocycles. The second kappa shape index (κ2) is 8.76. The first kappa shape index (κ1) is 21.9. The zero-order valence-electron chi connectivity index (χ0n) is 18.2. The summed E-state index contributed by atoms with van der Waals surface area (Å²) in [4.78, 5) is 27.9. The number of ether oxygens (including phenoxy) is 3. The van der Waals surface area contributed by atoms with Gasteiger partial charge in [0.15, 0.2) is 11.5 Å². The molecule has 0 aromatic heterocycles. The molecule has 2 aliphatic heterocycles. The molecule has 2 aliphatic rings. The molecule has 3 aromatic rings. The Balaban J connectivity index is 1.68. The van der Waals surface area contributed by atoms with Crippen molar-refractivity contribution in [2.75, 3.05) is 25.2 Å². The van der Waals surface area contributed by atoms with Crippen molar-refractivity contribution in [1.29, 1.82) is 0 Å². The molecule has 0 bridgehead atoms. The van der Waals surface area contributed by atoms with Crippen LogP contribution < -0.4 is 19.1 Å². The largest absolute Gasteiger partial charge is 0.507 e. The number of aliphatic hydroxyl groups is 1. The Kier molecular flexibility index (Phi) is 5.63. The Hall–Kier alpha value is -3.97. The van der Waals surface area contributed by atoms with Crippen LogP contribution in [0.4, 0.5) is 5.69 Å². The van der Waals surface area contributed by atoms with E-state index in [4.69, 9.17) is 25.8 Å². The Morgan fingerprint density at radius 2 is 1.74 bits per heavy atom. The van der Waals surface area contributed by atoms with Gasteiger partial charge >= 0.3 is 0 Å². The van der Waals surface area contributed by atoms with Crippen LogP contribution >= 0.6 is 11.6 Å². The van der Waals surface area contributed by atoms with Gasteiger partial charge in [-0.1, -0.05) is 41.9 Å². The summed E-state index contributed by atoms with van der Waals surface area (Å²) in [7, 11) is 1.48. The van der Waals surface area contributed by atoms with Crippen LogP contribution in [0.3, 0.4) is 0 Å². The molecule has 1 saturated heterocycles. The molecule has 2 heterocycles. The molecule has 1 atom stereocenters. The summed E-state index contributed by atoms with van der Waals surface area (Å²) < 4.78 is 16.4. The Morgan fingerprint density at radius 3 is 2.44 bits per heavy atom. The molecule has 1 fully saturated rings. The van der Waals surface area contributed by atoms with Gasteiger partial charge in [-0.15, -0.1) is 0 Å². The van der Waals surface area contributed by atoms with Crippen LogP contribution in [0.5, 0.6) is 17.2 Å². The van der Waals surface area contributed by atoms with E-state index in [9.17, 15) is 14.7 Å². The molecule has 0 spiro atoms. The van der Waals surface area contributed by atoms with Gasteiger partial charge in [0.25, 0.3) is 11.7 Å². The number of halogens is 1.